The highest BCUT2D eigenvalue weighted by Gasteiger charge is 2.12. The highest BCUT2D eigenvalue weighted by Crippen LogP contribution is 2.19. The molecule has 0 bridgehead atoms. The normalized spacial score (nSPS) is 12.8. The number of carbonyl (C=O) groups is 1. The Labute approximate surface area is 106 Å². The maximum atomic E-state index is 11.3. The lowest BCUT2D eigenvalue weighted by atomic mass is 10.3. The quantitative estimate of drug-likeness (QED) is 0.794. The molecule has 1 aromatic heterocycles. The van der Waals surface area contributed by atoms with E-state index in [1.165, 1.54) is 4.88 Å². The lowest BCUT2D eigenvalue weighted by Gasteiger charge is -2.12. The maximum Gasteiger partial charge on any atom is 0.320 e. The molecule has 1 unspecified atom stereocenters. The molecule has 17 heavy (non-hydrogen) atoms. The van der Waals surface area contributed by atoms with E-state index in [0.717, 1.165) is 11.4 Å². The molecule has 0 amide bonds. The van der Waals surface area contributed by atoms with E-state index < -0.39 is 0 Å². The van der Waals surface area contributed by atoms with Crippen molar-refractivity contribution in [2.24, 2.45) is 0 Å². The summed E-state index contributed by atoms with van der Waals surface area (Å²) in [5.74, 6) is -0.223. The minimum absolute atomic E-state index is 0.0637. The minimum atomic E-state index is -0.223. The molecule has 0 aliphatic rings. The zero-order valence-corrected chi connectivity index (χ0v) is 11.6. The second-order valence-electron chi connectivity index (χ2n) is 4.16. The van der Waals surface area contributed by atoms with Crippen molar-refractivity contribution >= 4 is 17.3 Å². The van der Waals surface area contributed by atoms with Gasteiger partial charge in [0.15, 0.2) is 0 Å². The number of rotatable bonds is 6. The number of thiazole rings is 1. The molecule has 0 spiro atoms. The van der Waals surface area contributed by atoms with Gasteiger partial charge >= 0.3 is 5.97 Å². The second kappa shape index (κ2) is 6.71. The van der Waals surface area contributed by atoms with Gasteiger partial charge in [-0.2, -0.15) is 0 Å². The summed E-state index contributed by atoms with van der Waals surface area (Å²) >= 11 is 1.68. The molecule has 0 aliphatic carbocycles. The smallest absolute Gasteiger partial charge is 0.320 e. The first-order chi connectivity index (χ1) is 8.02. The van der Waals surface area contributed by atoms with E-state index in [2.05, 4.69) is 17.2 Å². The molecule has 1 rings (SSSR count). The third-order valence-corrected chi connectivity index (χ3v) is 3.53. The van der Waals surface area contributed by atoms with Crippen LogP contribution < -0.4 is 5.32 Å². The number of ether oxygens (including phenoxy) is 1. The van der Waals surface area contributed by atoms with Crippen molar-refractivity contribution in [1.82, 2.24) is 10.3 Å². The summed E-state index contributed by atoms with van der Waals surface area (Å²) in [7, 11) is 0. The van der Waals surface area contributed by atoms with Gasteiger partial charge < -0.3 is 4.74 Å². The summed E-state index contributed by atoms with van der Waals surface area (Å²) in [5.41, 5.74) is 0. The van der Waals surface area contributed by atoms with Crippen molar-refractivity contribution in [2.45, 2.75) is 46.3 Å². The van der Waals surface area contributed by atoms with Gasteiger partial charge in [0.25, 0.3) is 0 Å². The van der Waals surface area contributed by atoms with Crippen LogP contribution in [0.1, 0.15) is 43.6 Å². The van der Waals surface area contributed by atoms with Gasteiger partial charge in [0.1, 0.15) is 5.01 Å². The van der Waals surface area contributed by atoms with Crippen LogP contribution in [0.25, 0.3) is 0 Å². The van der Waals surface area contributed by atoms with E-state index >= 15 is 0 Å². The number of nitrogens with zero attached hydrogens (tertiary/aromatic N) is 1. The molecule has 0 aromatic carbocycles. The van der Waals surface area contributed by atoms with Crippen molar-refractivity contribution in [3.05, 3.63) is 16.1 Å². The Kier molecular flexibility index (Phi) is 5.58. The van der Waals surface area contributed by atoms with E-state index in [1.54, 1.807) is 11.3 Å². The zero-order valence-electron chi connectivity index (χ0n) is 10.8. The van der Waals surface area contributed by atoms with E-state index in [-0.39, 0.29) is 24.7 Å². The van der Waals surface area contributed by atoms with Crippen LogP contribution in [-0.4, -0.2) is 23.6 Å². The van der Waals surface area contributed by atoms with Crippen molar-refractivity contribution < 1.29 is 9.53 Å². The minimum Gasteiger partial charge on any atom is -0.462 e. The molecule has 1 aromatic rings. The third kappa shape index (κ3) is 4.83. The Morgan fingerprint density at radius 2 is 2.24 bits per heavy atom. The summed E-state index contributed by atoms with van der Waals surface area (Å²) in [6.07, 6.45) is 2.83. The van der Waals surface area contributed by atoms with Gasteiger partial charge in [0.05, 0.1) is 18.7 Å². The fraction of sp³-hybridized carbons (Fsp3) is 0.667. The van der Waals surface area contributed by atoms with E-state index in [4.69, 9.17) is 4.74 Å². The first-order valence-electron chi connectivity index (χ1n) is 5.90. The van der Waals surface area contributed by atoms with Gasteiger partial charge in [-0.25, -0.2) is 4.98 Å². The monoisotopic (exact) mass is 256 g/mol. The predicted molar refractivity (Wildman–Crippen MR) is 69.1 cm³/mol. The van der Waals surface area contributed by atoms with Crippen LogP contribution in [0.4, 0.5) is 0 Å². The van der Waals surface area contributed by atoms with Crippen LogP contribution in [0.2, 0.25) is 0 Å². The highest BCUT2D eigenvalue weighted by molar-refractivity contribution is 7.11. The number of hydrogen-bond acceptors (Lipinski definition) is 5. The summed E-state index contributed by atoms with van der Waals surface area (Å²) < 4.78 is 5.04. The number of aromatic nitrogens is 1. The van der Waals surface area contributed by atoms with Crippen LogP contribution in [-0.2, 0) is 16.0 Å². The number of esters is 1. The van der Waals surface area contributed by atoms with Crippen LogP contribution >= 0.6 is 11.3 Å². The molecule has 0 fully saturated rings. The summed E-state index contributed by atoms with van der Waals surface area (Å²) in [5, 5.41) is 4.13. The molecule has 4 nitrogen and oxygen atoms in total. The van der Waals surface area contributed by atoms with Crippen molar-refractivity contribution in [3.63, 3.8) is 0 Å². The molecule has 0 radical (unpaired) electrons. The summed E-state index contributed by atoms with van der Waals surface area (Å²) in [4.78, 5) is 16.9. The average Bonchev–Trinajstić information content (AvgIpc) is 2.73. The van der Waals surface area contributed by atoms with E-state index in [0.29, 0.717) is 0 Å². The van der Waals surface area contributed by atoms with Gasteiger partial charge in [-0.1, -0.05) is 6.92 Å². The number of aryl methyl sites for hydroxylation is 1. The molecule has 1 N–H and O–H groups in total. The average molecular weight is 256 g/mol. The van der Waals surface area contributed by atoms with Crippen LogP contribution in [0.3, 0.4) is 0 Å². The SMILES string of the molecule is CCc1cnc(C(C)NCC(=O)OC(C)C)s1. The van der Waals surface area contributed by atoms with Gasteiger partial charge in [0.2, 0.25) is 0 Å². The topological polar surface area (TPSA) is 51.2 Å². The molecule has 0 saturated carbocycles. The standard InChI is InChI=1S/C12H20N2O2S/c1-5-10-6-14-12(17-10)9(4)13-7-11(15)16-8(2)3/h6,8-9,13H,5,7H2,1-4H3. The Bertz CT molecular complexity index is 363. The Morgan fingerprint density at radius 3 is 2.76 bits per heavy atom. The van der Waals surface area contributed by atoms with Gasteiger partial charge in [-0.3, -0.25) is 10.1 Å². The lowest BCUT2D eigenvalue weighted by Crippen LogP contribution is -2.28. The Hall–Kier alpha value is -0.940. The van der Waals surface area contributed by atoms with Gasteiger partial charge in [0, 0.05) is 11.1 Å². The Morgan fingerprint density at radius 1 is 1.53 bits per heavy atom. The molecule has 96 valence electrons. The Balaban J connectivity index is 2.39. The fourth-order valence-corrected chi connectivity index (χ4v) is 2.20. The number of carbonyl (C=O) groups excluding carboxylic acids is 1. The second-order valence-corrected chi connectivity index (χ2v) is 5.31. The first-order valence-corrected chi connectivity index (χ1v) is 6.72. The lowest BCUT2D eigenvalue weighted by molar-refractivity contribution is -0.146. The first kappa shape index (κ1) is 14.1. The molecule has 0 aliphatic heterocycles. The number of nitrogens with one attached hydrogen (secondary N) is 1. The largest absolute Gasteiger partial charge is 0.462 e. The third-order valence-electron chi connectivity index (χ3n) is 2.21. The van der Waals surface area contributed by atoms with Crippen LogP contribution in [0, 0.1) is 0 Å². The van der Waals surface area contributed by atoms with Crippen molar-refractivity contribution in [3.8, 4) is 0 Å². The van der Waals surface area contributed by atoms with Crippen LogP contribution in [0.15, 0.2) is 6.20 Å². The van der Waals surface area contributed by atoms with Gasteiger partial charge in [-0.15, -0.1) is 11.3 Å². The molecular weight excluding hydrogens is 236 g/mol. The van der Waals surface area contributed by atoms with E-state index in [9.17, 15) is 4.79 Å². The fourth-order valence-electron chi connectivity index (χ4n) is 1.31. The predicted octanol–water partition coefficient (Wildman–Crippen LogP) is 2.31. The van der Waals surface area contributed by atoms with Crippen molar-refractivity contribution in [1.29, 1.82) is 0 Å². The maximum absolute atomic E-state index is 11.3. The van der Waals surface area contributed by atoms with Gasteiger partial charge in [-0.05, 0) is 27.2 Å². The molecule has 0 saturated heterocycles. The van der Waals surface area contributed by atoms with Crippen LogP contribution in [0.5, 0.6) is 0 Å². The summed E-state index contributed by atoms with van der Waals surface area (Å²) in [6, 6.07) is 0.0833. The molecule has 5 heteroatoms. The molecule has 1 atom stereocenters. The van der Waals surface area contributed by atoms with E-state index in [1.807, 2.05) is 27.0 Å². The number of hydrogen-bond donors (Lipinski definition) is 1. The molecular formula is C12H20N2O2S. The van der Waals surface area contributed by atoms with Crippen molar-refractivity contribution in [2.75, 3.05) is 6.54 Å². The highest BCUT2D eigenvalue weighted by atomic mass is 32.1. The molecule has 1 heterocycles. The zero-order chi connectivity index (χ0) is 12.8. The summed E-state index contributed by atoms with van der Waals surface area (Å²) in [6.45, 7) is 8.02.